The van der Waals surface area contributed by atoms with E-state index in [9.17, 15) is 15.0 Å². The normalized spacial score (nSPS) is 46.0. The Kier molecular flexibility index (Phi) is 4.86. The SMILES string of the molecule is C=C1C(=O)O[C@]2(C)CC[C@@H]1C[C@H](O)[C@@]1(C)CC[C@H](O1)C(=C)CC[C@H]2O. The third-order valence-electron chi connectivity index (χ3n) is 6.50. The number of carbonyl (C=O) groups is 1. The molecule has 0 aromatic carbocycles. The summed E-state index contributed by atoms with van der Waals surface area (Å²) >= 11 is 0. The third-order valence-corrected chi connectivity index (χ3v) is 6.50. The van der Waals surface area contributed by atoms with Crippen LogP contribution in [0.1, 0.15) is 58.8 Å². The first-order valence-electron chi connectivity index (χ1n) is 9.28. The summed E-state index contributed by atoms with van der Waals surface area (Å²) in [5.41, 5.74) is -0.256. The van der Waals surface area contributed by atoms with Gasteiger partial charge in [0.15, 0.2) is 0 Å². The number of carbonyl (C=O) groups excluding carboxylic acids is 1. The van der Waals surface area contributed by atoms with E-state index >= 15 is 0 Å². The number of hydrogen-bond donors (Lipinski definition) is 2. The van der Waals surface area contributed by atoms with Gasteiger partial charge in [0, 0.05) is 5.57 Å². The molecule has 3 fully saturated rings. The number of esters is 1. The van der Waals surface area contributed by atoms with Crippen molar-refractivity contribution >= 4 is 5.97 Å². The van der Waals surface area contributed by atoms with Crippen LogP contribution in [0.15, 0.2) is 24.3 Å². The zero-order chi connectivity index (χ0) is 18.4. The first-order chi connectivity index (χ1) is 11.6. The van der Waals surface area contributed by atoms with Gasteiger partial charge in [0.25, 0.3) is 0 Å². The standard InChI is InChI=1S/C20H30O5/c1-12-5-6-16(21)19(3)9-7-14(13(2)18(23)25-19)11-17(22)20(4)10-8-15(12)24-20/h14-17,21-22H,1-2,5-11H2,3-4H3/t14-,15+,16-,17+,19-,20-/m1/s1. The number of rotatable bonds is 0. The molecule has 0 spiro atoms. The van der Waals surface area contributed by atoms with Gasteiger partial charge in [-0.05, 0) is 70.3 Å². The minimum absolute atomic E-state index is 0.0917. The second kappa shape index (κ2) is 6.53. The summed E-state index contributed by atoms with van der Waals surface area (Å²) in [5.74, 6) is -0.637. The molecule has 5 heteroatoms. The molecule has 3 heterocycles. The van der Waals surface area contributed by atoms with Gasteiger partial charge in [-0.1, -0.05) is 13.2 Å². The molecule has 25 heavy (non-hydrogen) atoms. The van der Waals surface area contributed by atoms with E-state index < -0.39 is 29.4 Å². The second-order valence-corrected chi connectivity index (χ2v) is 8.39. The highest BCUT2D eigenvalue weighted by Crippen LogP contribution is 2.42. The predicted molar refractivity (Wildman–Crippen MR) is 93.9 cm³/mol. The summed E-state index contributed by atoms with van der Waals surface area (Å²) in [6.07, 6.45) is 2.71. The van der Waals surface area contributed by atoms with Crippen LogP contribution in [0.2, 0.25) is 0 Å². The van der Waals surface area contributed by atoms with E-state index in [2.05, 4.69) is 13.2 Å². The van der Waals surface area contributed by atoms with Crippen LogP contribution in [0.25, 0.3) is 0 Å². The van der Waals surface area contributed by atoms with Gasteiger partial charge in [0.05, 0.1) is 23.9 Å². The predicted octanol–water partition coefficient (Wildman–Crippen LogP) is 2.65. The quantitative estimate of drug-likeness (QED) is 0.399. The van der Waals surface area contributed by atoms with Crippen molar-refractivity contribution in [3.05, 3.63) is 24.3 Å². The Bertz CT molecular complexity index is 585. The maximum Gasteiger partial charge on any atom is 0.334 e. The molecule has 3 saturated heterocycles. The smallest absolute Gasteiger partial charge is 0.334 e. The lowest BCUT2D eigenvalue weighted by Crippen LogP contribution is -2.43. The molecule has 0 aromatic heterocycles. The molecule has 2 N–H and O–H groups in total. The van der Waals surface area contributed by atoms with Gasteiger partial charge in [0.2, 0.25) is 0 Å². The first kappa shape index (κ1) is 18.6. The van der Waals surface area contributed by atoms with Crippen LogP contribution in [0.3, 0.4) is 0 Å². The van der Waals surface area contributed by atoms with E-state index in [1.54, 1.807) is 6.92 Å². The Balaban J connectivity index is 1.93. The summed E-state index contributed by atoms with van der Waals surface area (Å²) < 4.78 is 11.8. The van der Waals surface area contributed by atoms with Gasteiger partial charge in [-0.3, -0.25) is 0 Å². The fourth-order valence-corrected chi connectivity index (χ4v) is 4.33. The fourth-order valence-electron chi connectivity index (χ4n) is 4.33. The van der Waals surface area contributed by atoms with Gasteiger partial charge in [-0.2, -0.15) is 0 Å². The molecular weight excluding hydrogens is 320 g/mol. The van der Waals surface area contributed by atoms with E-state index in [1.165, 1.54) is 0 Å². The van der Waals surface area contributed by atoms with E-state index in [4.69, 9.17) is 9.47 Å². The van der Waals surface area contributed by atoms with E-state index in [0.717, 1.165) is 18.4 Å². The van der Waals surface area contributed by atoms with Gasteiger partial charge >= 0.3 is 5.97 Å². The minimum Gasteiger partial charge on any atom is -0.453 e. The molecular formula is C20H30O5. The van der Waals surface area contributed by atoms with Crippen LogP contribution in [0, 0.1) is 5.92 Å². The monoisotopic (exact) mass is 350 g/mol. The van der Waals surface area contributed by atoms with Crippen molar-refractivity contribution in [1.82, 2.24) is 0 Å². The van der Waals surface area contributed by atoms with Crippen LogP contribution >= 0.6 is 0 Å². The van der Waals surface area contributed by atoms with E-state index in [-0.39, 0.29) is 12.0 Å². The van der Waals surface area contributed by atoms with Crippen molar-refractivity contribution in [2.45, 2.75) is 88.3 Å². The van der Waals surface area contributed by atoms with Gasteiger partial charge in [-0.15, -0.1) is 0 Å². The number of hydrogen-bond acceptors (Lipinski definition) is 5. The van der Waals surface area contributed by atoms with Crippen LogP contribution in [0.4, 0.5) is 0 Å². The molecule has 5 nitrogen and oxygen atoms in total. The zero-order valence-corrected chi connectivity index (χ0v) is 15.3. The third kappa shape index (κ3) is 3.42. The molecule has 3 aliphatic rings. The van der Waals surface area contributed by atoms with Crippen molar-refractivity contribution in [3.63, 3.8) is 0 Å². The van der Waals surface area contributed by atoms with Crippen molar-refractivity contribution in [2.24, 2.45) is 5.92 Å². The van der Waals surface area contributed by atoms with Crippen LogP contribution in [-0.2, 0) is 14.3 Å². The number of aliphatic hydroxyl groups is 2. The van der Waals surface area contributed by atoms with Crippen molar-refractivity contribution in [1.29, 1.82) is 0 Å². The largest absolute Gasteiger partial charge is 0.453 e. The Morgan fingerprint density at radius 3 is 2.44 bits per heavy atom. The Labute approximate surface area is 149 Å². The summed E-state index contributed by atoms with van der Waals surface area (Å²) in [6, 6.07) is 0. The van der Waals surface area contributed by atoms with Crippen molar-refractivity contribution in [3.8, 4) is 0 Å². The maximum absolute atomic E-state index is 12.4. The maximum atomic E-state index is 12.4. The molecule has 0 amide bonds. The van der Waals surface area contributed by atoms with Crippen molar-refractivity contribution < 1.29 is 24.5 Å². The van der Waals surface area contributed by atoms with Gasteiger partial charge < -0.3 is 19.7 Å². The Hall–Kier alpha value is -1.17. The number of fused-ring (bicyclic) bond motifs is 5. The van der Waals surface area contributed by atoms with Crippen LogP contribution in [-0.4, -0.2) is 45.7 Å². The molecule has 0 aromatic rings. The average Bonchev–Trinajstić information content (AvgIpc) is 2.93. The molecule has 140 valence electrons. The molecule has 0 radical (unpaired) electrons. The van der Waals surface area contributed by atoms with E-state index in [1.807, 2.05) is 6.92 Å². The number of ether oxygens (including phenoxy) is 2. The molecule has 3 aliphatic heterocycles. The molecule has 0 unspecified atom stereocenters. The lowest BCUT2D eigenvalue weighted by Gasteiger charge is -2.33. The van der Waals surface area contributed by atoms with Crippen LogP contribution in [0.5, 0.6) is 0 Å². The summed E-state index contributed by atoms with van der Waals surface area (Å²) in [4.78, 5) is 12.4. The van der Waals surface area contributed by atoms with E-state index in [0.29, 0.717) is 37.7 Å². The average molecular weight is 350 g/mol. The number of aliphatic hydroxyl groups excluding tert-OH is 2. The molecule has 0 saturated carbocycles. The highest BCUT2D eigenvalue weighted by atomic mass is 16.6. The molecule has 4 bridgehead atoms. The molecule has 6 atom stereocenters. The first-order valence-corrected chi connectivity index (χ1v) is 9.28. The molecule has 0 aliphatic carbocycles. The minimum atomic E-state index is -0.933. The summed E-state index contributed by atoms with van der Waals surface area (Å²) in [6.45, 7) is 11.8. The van der Waals surface area contributed by atoms with Gasteiger partial charge in [-0.25, -0.2) is 4.79 Å². The van der Waals surface area contributed by atoms with Gasteiger partial charge in [0.1, 0.15) is 5.60 Å². The van der Waals surface area contributed by atoms with Crippen LogP contribution < -0.4 is 0 Å². The Morgan fingerprint density at radius 2 is 1.72 bits per heavy atom. The lowest BCUT2D eigenvalue weighted by molar-refractivity contribution is -0.165. The Morgan fingerprint density at radius 1 is 1.04 bits per heavy atom. The summed E-state index contributed by atoms with van der Waals surface area (Å²) in [5, 5.41) is 21.5. The topological polar surface area (TPSA) is 76.0 Å². The zero-order valence-electron chi connectivity index (χ0n) is 15.3. The molecule has 3 rings (SSSR count). The lowest BCUT2D eigenvalue weighted by atomic mass is 9.81. The summed E-state index contributed by atoms with van der Waals surface area (Å²) in [7, 11) is 0. The highest BCUT2D eigenvalue weighted by Gasteiger charge is 2.47. The fraction of sp³-hybridized carbons (Fsp3) is 0.750. The van der Waals surface area contributed by atoms with Crippen molar-refractivity contribution in [2.75, 3.05) is 0 Å². The second-order valence-electron chi connectivity index (χ2n) is 8.39. The highest BCUT2D eigenvalue weighted by molar-refractivity contribution is 5.89.